The molecule has 2 aromatic heterocycles. The molecule has 0 bridgehead atoms. The van der Waals surface area contributed by atoms with E-state index in [1.54, 1.807) is 12.3 Å². The minimum atomic E-state index is -0.481. The van der Waals surface area contributed by atoms with Crippen LogP contribution in [0.25, 0.3) is 11.0 Å². The Morgan fingerprint density at radius 2 is 2.38 bits per heavy atom. The third-order valence-corrected chi connectivity index (χ3v) is 3.75. The summed E-state index contributed by atoms with van der Waals surface area (Å²) in [6.07, 6.45) is 2.94. The molecule has 0 spiro atoms. The summed E-state index contributed by atoms with van der Waals surface area (Å²) in [5.74, 6) is -0.481. The molecule has 0 N–H and O–H groups in total. The highest BCUT2D eigenvalue weighted by Crippen LogP contribution is 2.29. The zero-order chi connectivity index (χ0) is 9.42. The fourth-order valence-corrected chi connectivity index (χ4v) is 2.53. The Balaban J connectivity index is 2.81. The molecule has 2 aromatic rings. The monoisotopic (exact) mass is 328 g/mol. The lowest BCUT2D eigenvalue weighted by molar-refractivity contribution is 0.624. The summed E-state index contributed by atoms with van der Waals surface area (Å²) in [6, 6.07) is 1.75. The van der Waals surface area contributed by atoms with Crippen molar-refractivity contribution in [1.82, 2.24) is 8.96 Å². The molecule has 0 saturated carbocycles. The van der Waals surface area contributed by atoms with Crippen LogP contribution in [0.4, 0.5) is 4.39 Å². The molecule has 0 aromatic carbocycles. The van der Waals surface area contributed by atoms with E-state index in [9.17, 15) is 4.39 Å². The molecule has 2 nitrogen and oxygen atoms in total. The van der Waals surface area contributed by atoms with Crippen LogP contribution in [0.3, 0.4) is 0 Å². The lowest BCUT2D eigenvalue weighted by Gasteiger charge is -1.98. The van der Waals surface area contributed by atoms with Crippen molar-refractivity contribution < 1.29 is 4.39 Å². The van der Waals surface area contributed by atoms with Gasteiger partial charge in [-0.25, -0.2) is 9.37 Å². The molecule has 68 valence electrons. The highest BCUT2D eigenvalue weighted by atomic mass is 127. The molecule has 0 radical (unpaired) electrons. The van der Waals surface area contributed by atoms with Gasteiger partial charge < -0.3 is 0 Å². The van der Waals surface area contributed by atoms with Crippen molar-refractivity contribution in [1.29, 1.82) is 0 Å². The number of halogens is 3. The van der Waals surface area contributed by atoms with Crippen LogP contribution in [-0.2, 0) is 0 Å². The Bertz CT molecular complexity index is 459. The van der Waals surface area contributed by atoms with Crippen molar-refractivity contribution in [2.75, 3.05) is 0 Å². The maximum Gasteiger partial charge on any atom is 0.160 e. The Kier molecular flexibility index (Phi) is 2.66. The van der Waals surface area contributed by atoms with Gasteiger partial charge in [0.1, 0.15) is 0 Å². The Morgan fingerprint density at radius 1 is 1.62 bits per heavy atom. The van der Waals surface area contributed by atoms with Crippen molar-refractivity contribution in [3.8, 4) is 0 Å². The van der Waals surface area contributed by atoms with Crippen LogP contribution in [0.5, 0.6) is 0 Å². The van der Waals surface area contributed by atoms with E-state index < -0.39 is 5.82 Å². The highest BCUT2D eigenvalue weighted by Gasteiger charge is 2.09. The Hall–Kier alpha value is -0.0100. The maximum absolute atomic E-state index is 12.9. The number of fused-ring (bicyclic) bond motifs is 1. The zero-order valence-corrected chi connectivity index (χ0v) is 9.90. The number of hydrogen-bond donors (Lipinski definition) is 0. The van der Waals surface area contributed by atoms with Gasteiger partial charge in [-0.1, -0.05) is 11.6 Å². The first-order valence-corrected chi connectivity index (χ1v) is 7.03. The number of nitrogens with zero attached hydrogens (tertiary/aromatic N) is 2. The SMILES string of the molecule is Fc1cnc2c(ccn2SI)c1Cl. The third-order valence-electron chi connectivity index (χ3n) is 1.65. The molecule has 0 amide bonds. The minimum Gasteiger partial charge on any atom is -0.266 e. The van der Waals surface area contributed by atoms with Gasteiger partial charge in [0, 0.05) is 41.9 Å². The molecule has 2 heterocycles. The van der Waals surface area contributed by atoms with E-state index in [-0.39, 0.29) is 5.02 Å². The second-order valence-corrected chi connectivity index (χ2v) is 4.46. The Labute approximate surface area is 95.2 Å². The van der Waals surface area contributed by atoms with Crippen LogP contribution < -0.4 is 0 Å². The fraction of sp³-hybridized carbons (Fsp3) is 0. The van der Waals surface area contributed by atoms with Gasteiger partial charge >= 0.3 is 0 Å². The van der Waals surface area contributed by atoms with E-state index in [2.05, 4.69) is 26.2 Å². The van der Waals surface area contributed by atoms with Crippen molar-refractivity contribution in [3.63, 3.8) is 0 Å². The Morgan fingerprint density at radius 3 is 3.08 bits per heavy atom. The third kappa shape index (κ3) is 1.53. The molecule has 0 fully saturated rings. The van der Waals surface area contributed by atoms with Crippen molar-refractivity contribution in [3.05, 3.63) is 29.3 Å². The topological polar surface area (TPSA) is 17.8 Å². The molecule has 0 unspecified atom stereocenters. The van der Waals surface area contributed by atoms with E-state index in [4.69, 9.17) is 11.6 Å². The van der Waals surface area contributed by atoms with Gasteiger partial charge in [0.2, 0.25) is 0 Å². The summed E-state index contributed by atoms with van der Waals surface area (Å²) < 4.78 is 14.8. The lowest BCUT2D eigenvalue weighted by atomic mass is 10.3. The fourth-order valence-electron chi connectivity index (χ4n) is 1.06. The van der Waals surface area contributed by atoms with Crippen LogP contribution in [0.15, 0.2) is 18.5 Å². The van der Waals surface area contributed by atoms with Crippen LogP contribution in [0, 0.1) is 5.82 Å². The number of pyridine rings is 1. The van der Waals surface area contributed by atoms with E-state index >= 15 is 0 Å². The number of hydrogen-bond acceptors (Lipinski definition) is 2. The second-order valence-electron chi connectivity index (χ2n) is 2.37. The molecule has 2 rings (SSSR count). The molecular weight excluding hydrogens is 326 g/mol. The molecule has 0 aliphatic carbocycles. The van der Waals surface area contributed by atoms with E-state index in [0.717, 1.165) is 6.20 Å². The van der Waals surface area contributed by atoms with Crippen LogP contribution >= 0.6 is 41.9 Å². The lowest BCUT2D eigenvalue weighted by Crippen LogP contribution is -1.86. The van der Waals surface area contributed by atoms with Gasteiger partial charge in [0.15, 0.2) is 11.5 Å². The maximum atomic E-state index is 12.9. The van der Waals surface area contributed by atoms with E-state index in [1.807, 2.05) is 3.97 Å². The quantitative estimate of drug-likeness (QED) is 0.743. The van der Waals surface area contributed by atoms with Crippen molar-refractivity contribution >= 4 is 53.0 Å². The van der Waals surface area contributed by atoms with Gasteiger partial charge in [-0.2, -0.15) is 0 Å². The standard InChI is InChI=1S/C7H3ClFIN2S/c8-6-4-1-2-12(13-10)7(4)11-3-5(6)9/h1-3H. The minimum absolute atomic E-state index is 0.134. The van der Waals surface area contributed by atoms with E-state index in [1.165, 1.54) is 9.12 Å². The largest absolute Gasteiger partial charge is 0.266 e. The summed E-state index contributed by atoms with van der Waals surface area (Å²) in [7, 11) is 1.46. The van der Waals surface area contributed by atoms with Crippen molar-refractivity contribution in [2.45, 2.75) is 0 Å². The number of rotatable bonds is 1. The van der Waals surface area contributed by atoms with Gasteiger partial charge in [-0.3, -0.25) is 3.97 Å². The molecular formula is C7H3ClFIN2S. The van der Waals surface area contributed by atoms with E-state index in [0.29, 0.717) is 11.0 Å². The number of aromatic nitrogens is 2. The van der Waals surface area contributed by atoms with Crippen LogP contribution in [0.2, 0.25) is 5.02 Å². The smallest absolute Gasteiger partial charge is 0.160 e. The summed E-state index contributed by atoms with van der Waals surface area (Å²) >= 11 is 7.88. The average Bonchev–Trinajstić information content (AvgIpc) is 2.55. The molecule has 0 atom stereocenters. The second kappa shape index (κ2) is 3.62. The van der Waals surface area contributed by atoms with Crippen molar-refractivity contribution in [2.24, 2.45) is 0 Å². The van der Waals surface area contributed by atoms with Crippen LogP contribution in [-0.4, -0.2) is 8.96 Å². The van der Waals surface area contributed by atoms with Crippen LogP contribution in [0.1, 0.15) is 0 Å². The molecule has 13 heavy (non-hydrogen) atoms. The zero-order valence-electron chi connectivity index (χ0n) is 6.17. The molecule has 0 saturated heterocycles. The summed E-state index contributed by atoms with van der Waals surface area (Å²) in [5, 5.41) is 0.778. The summed E-state index contributed by atoms with van der Waals surface area (Å²) in [6.45, 7) is 0. The van der Waals surface area contributed by atoms with Gasteiger partial charge in [-0.15, -0.1) is 0 Å². The average molecular weight is 329 g/mol. The predicted octanol–water partition coefficient (Wildman–Crippen LogP) is 3.68. The molecule has 0 aliphatic heterocycles. The predicted molar refractivity (Wildman–Crippen MR) is 61.7 cm³/mol. The van der Waals surface area contributed by atoms with Gasteiger partial charge in [0.05, 0.1) is 11.2 Å². The summed E-state index contributed by atoms with van der Waals surface area (Å²) in [5.41, 5.74) is 0.686. The molecule has 6 heteroatoms. The molecule has 0 aliphatic rings. The van der Waals surface area contributed by atoms with Gasteiger partial charge in [0.25, 0.3) is 0 Å². The van der Waals surface area contributed by atoms with Gasteiger partial charge in [-0.05, 0) is 6.07 Å². The highest BCUT2D eigenvalue weighted by molar-refractivity contribution is 14.2. The normalized spacial score (nSPS) is 11.0. The first kappa shape index (κ1) is 9.54. The first-order valence-electron chi connectivity index (χ1n) is 3.34. The summed E-state index contributed by atoms with van der Waals surface area (Å²) in [4.78, 5) is 3.95. The first-order chi connectivity index (χ1) is 6.24.